The van der Waals surface area contributed by atoms with Crippen LogP contribution >= 0.6 is 11.3 Å². The fourth-order valence-corrected chi connectivity index (χ4v) is 6.39. The standard InChI is InChI=1S/C27H26N2O4S/c30-26(28-15-17-11-12-21-22(14-17)33-16-32-21)24-19-8-3-4-9-20(19)27(31)29(18-6-1-2-7-18)25(24)23-10-5-13-34-23/h3-5,8-14,18,24-25H,1-2,6-7,15-16H2,(H,28,30). The molecule has 0 saturated heterocycles. The lowest BCUT2D eigenvalue weighted by atomic mass is 9.80. The van der Waals surface area contributed by atoms with Gasteiger partial charge < -0.3 is 19.7 Å². The molecule has 1 aliphatic carbocycles. The van der Waals surface area contributed by atoms with Gasteiger partial charge in [0.05, 0.1) is 12.0 Å². The van der Waals surface area contributed by atoms with Crippen LogP contribution in [0, 0.1) is 0 Å². The van der Waals surface area contributed by atoms with E-state index in [9.17, 15) is 9.59 Å². The van der Waals surface area contributed by atoms with Crippen molar-refractivity contribution in [3.8, 4) is 11.5 Å². The number of ether oxygens (including phenoxy) is 2. The van der Waals surface area contributed by atoms with Crippen LogP contribution in [0.3, 0.4) is 0 Å². The monoisotopic (exact) mass is 474 g/mol. The Kier molecular flexibility index (Phi) is 5.49. The zero-order chi connectivity index (χ0) is 23.1. The number of fused-ring (bicyclic) bond motifs is 2. The van der Waals surface area contributed by atoms with Gasteiger partial charge in [-0.15, -0.1) is 11.3 Å². The molecule has 1 aromatic heterocycles. The Bertz CT molecular complexity index is 1220. The molecule has 1 saturated carbocycles. The van der Waals surface area contributed by atoms with Crippen LogP contribution in [0.25, 0.3) is 0 Å². The molecular weight excluding hydrogens is 448 g/mol. The first kappa shape index (κ1) is 21.2. The molecule has 3 heterocycles. The molecule has 2 atom stereocenters. The minimum absolute atomic E-state index is 0.0423. The number of rotatable bonds is 5. The van der Waals surface area contributed by atoms with Crippen molar-refractivity contribution >= 4 is 23.2 Å². The fourth-order valence-electron chi connectivity index (χ4n) is 5.53. The molecule has 2 aliphatic heterocycles. The normalized spacial score (nSPS) is 21.5. The highest BCUT2D eigenvalue weighted by molar-refractivity contribution is 7.10. The second-order valence-corrected chi connectivity index (χ2v) is 10.1. The molecule has 0 spiro atoms. The Balaban J connectivity index is 1.36. The second kappa shape index (κ2) is 8.80. The van der Waals surface area contributed by atoms with E-state index < -0.39 is 5.92 Å². The summed E-state index contributed by atoms with van der Waals surface area (Å²) in [6, 6.07) is 17.2. The third kappa shape index (κ3) is 3.64. The lowest BCUT2D eigenvalue weighted by Crippen LogP contribution is -2.50. The van der Waals surface area contributed by atoms with E-state index >= 15 is 0 Å². The Morgan fingerprint density at radius 2 is 1.85 bits per heavy atom. The number of nitrogens with zero attached hydrogens (tertiary/aromatic N) is 1. The summed E-state index contributed by atoms with van der Waals surface area (Å²) in [6.07, 6.45) is 4.21. The van der Waals surface area contributed by atoms with Crippen LogP contribution in [-0.4, -0.2) is 29.5 Å². The van der Waals surface area contributed by atoms with Gasteiger partial charge in [0, 0.05) is 23.0 Å². The summed E-state index contributed by atoms with van der Waals surface area (Å²) in [6.45, 7) is 0.597. The van der Waals surface area contributed by atoms with Gasteiger partial charge in [0.1, 0.15) is 0 Å². The van der Waals surface area contributed by atoms with Crippen LogP contribution in [0.4, 0.5) is 0 Å². The van der Waals surface area contributed by atoms with Crippen molar-refractivity contribution in [1.29, 1.82) is 0 Å². The predicted octanol–water partition coefficient (Wildman–Crippen LogP) is 5.02. The maximum atomic E-state index is 13.8. The number of hydrogen-bond acceptors (Lipinski definition) is 5. The largest absolute Gasteiger partial charge is 0.454 e. The van der Waals surface area contributed by atoms with Crippen molar-refractivity contribution in [1.82, 2.24) is 10.2 Å². The van der Waals surface area contributed by atoms with Gasteiger partial charge in [-0.1, -0.05) is 43.2 Å². The van der Waals surface area contributed by atoms with Crippen molar-refractivity contribution in [2.24, 2.45) is 0 Å². The Labute approximate surface area is 202 Å². The number of benzene rings is 2. The highest BCUT2D eigenvalue weighted by Crippen LogP contribution is 2.47. The molecule has 6 rings (SSSR count). The lowest BCUT2D eigenvalue weighted by Gasteiger charge is -2.44. The van der Waals surface area contributed by atoms with Gasteiger partial charge in [-0.05, 0) is 53.6 Å². The molecule has 2 unspecified atom stereocenters. The van der Waals surface area contributed by atoms with E-state index in [2.05, 4.69) is 11.4 Å². The Hall–Kier alpha value is -3.32. The van der Waals surface area contributed by atoms with Crippen molar-refractivity contribution in [2.75, 3.05) is 6.79 Å². The van der Waals surface area contributed by atoms with Crippen LogP contribution in [-0.2, 0) is 11.3 Å². The van der Waals surface area contributed by atoms with Crippen molar-refractivity contribution in [3.05, 3.63) is 81.5 Å². The number of carbonyl (C=O) groups excluding carboxylic acids is 2. The third-order valence-corrected chi connectivity index (χ3v) is 8.06. The van der Waals surface area contributed by atoms with Crippen molar-refractivity contribution in [3.63, 3.8) is 0 Å². The highest BCUT2D eigenvalue weighted by Gasteiger charge is 2.47. The minimum Gasteiger partial charge on any atom is -0.454 e. The zero-order valence-electron chi connectivity index (χ0n) is 18.7. The SMILES string of the molecule is O=C(NCc1ccc2c(c1)OCO2)C1c2ccccc2C(=O)N(C2CCCC2)C1c1cccs1. The van der Waals surface area contributed by atoms with Crippen molar-refractivity contribution in [2.45, 2.75) is 50.2 Å². The highest BCUT2D eigenvalue weighted by atomic mass is 32.1. The summed E-state index contributed by atoms with van der Waals surface area (Å²) >= 11 is 1.61. The van der Waals surface area contributed by atoms with Crippen LogP contribution in [0.15, 0.2) is 60.0 Å². The number of nitrogens with one attached hydrogen (secondary N) is 1. The van der Waals surface area contributed by atoms with Crippen LogP contribution in [0.1, 0.15) is 64.0 Å². The maximum Gasteiger partial charge on any atom is 0.254 e. The first-order valence-electron chi connectivity index (χ1n) is 11.8. The number of thiophene rings is 1. The van der Waals surface area contributed by atoms with E-state index in [1.807, 2.05) is 58.8 Å². The minimum atomic E-state index is -0.470. The molecular formula is C27H26N2O4S. The first-order chi connectivity index (χ1) is 16.7. The van der Waals surface area contributed by atoms with Crippen molar-refractivity contribution < 1.29 is 19.1 Å². The molecule has 3 aromatic rings. The summed E-state index contributed by atoms with van der Waals surface area (Å²) in [5.41, 5.74) is 2.40. The molecule has 0 bridgehead atoms. The van der Waals surface area contributed by atoms with Gasteiger partial charge in [0.15, 0.2) is 11.5 Å². The first-order valence-corrected chi connectivity index (χ1v) is 12.7. The molecule has 7 heteroatoms. The summed E-state index contributed by atoms with van der Waals surface area (Å²) in [4.78, 5) is 30.7. The van der Waals surface area contributed by atoms with E-state index in [4.69, 9.17) is 9.47 Å². The van der Waals surface area contributed by atoms with Gasteiger partial charge in [-0.3, -0.25) is 9.59 Å². The van der Waals surface area contributed by atoms with E-state index in [0.717, 1.165) is 47.4 Å². The average Bonchev–Trinajstić information content (AvgIpc) is 3.65. The number of carbonyl (C=O) groups is 2. The molecule has 2 aromatic carbocycles. The second-order valence-electron chi connectivity index (χ2n) is 9.08. The zero-order valence-corrected chi connectivity index (χ0v) is 19.6. The molecule has 3 aliphatic rings. The molecule has 2 amide bonds. The Morgan fingerprint density at radius 1 is 1.03 bits per heavy atom. The van der Waals surface area contributed by atoms with Gasteiger partial charge in [0.2, 0.25) is 12.7 Å². The summed E-state index contributed by atoms with van der Waals surface area (Å²) in [5, 5.41) is 5.17. The van der Waals surface area contributed by atoms with Gasteiger partial charge >= 0.3 is 0 Å². The topological polar surface area (TPSA) is 67.9 Å². The molecule has 174 valence electrons. The predicted molar refractivity (Wildman–Crippen MR) is 129 cm³/mol. The van der Waals surface area contributed by atoms with E-state index in [0.29, 0.717) is 17.9 Å². The smallest absolute Gasteiger partial charge is 0.254 e. The van der Waals surface area contributed by atoms with E-state index in [1.165, 1.54) is 0 Å². The van der Waals surface area contributed by atoms with E-state index in [-0.39, 0.29) is 30.7 Å². The van der Waals surface area contributed by atoms with Gasteiger partial charge in [-0.2, -0.15) is 0 Å². The molecule has 1 fully saturated rings. The molecule has 6 nitrogen and oxygen atoms in total. The lowest BCUT2D eigenvalue weighted by molar-refractivity contribution is -0.124. The summed E-state index contributed by atoms with van der Waals surface area (Å²) < 4.78 is 10.9. The summed E-state index contributed by atoms with van der Waals surface area (Å²) in [7, 11) is 0. The molecule has 34 heavy (non-hydrogen) atoms. The number of hydrogen-bond donors (Lipinski definition) is 1. The van der Waals surface area contributed by atoms with Crippen LogP contribution < -0.4 is 14.8 Å². The van der Waals surface area contributed by atoms with Gasteiger partial charge in [0.25, 0.3) is 5.91 Å². The quantitative estimate of drug-likeness (QED) is 0.564. The number of amides is 2. The molecule has 1 N–H and O–H groups in total. The Morgan fingerprint density at radius 3 is 2.68 bits per heavy atom. The average molecular weight is 475 g/mol. The van der Waals surface area contributed by atoms with Gasteiger partial charge in [-0.25, -0.2) is 0 Å². The fraction of sp³-hybridized carbons (Fsp3) is 0.333. The van der Waals surface area contributed by atoms with Crippen LogP contribution in [0.5, 0.6) is 11.5 Å². The van der Waals surface area contributed by atoms with Crippen LogP contribution in [0.2, 0.25) is 0 Å². The molecule has 0 radical (unpaired) electrons. The maximum absolute atomic E-state index is 13.8. The summed E-state index contributed by atoms with van der Waals surface area (Å²) in [5.74, 6) is 0.922. The van der Waals surface area contributed by atoms with E-state index in [1.54, 1.807) is 11.3 Å². The third-order valence-electron chi connectivity index (χ3n) is 7.12.